The van der Waals surface area contributed by atoms with Gasteiger partial charge in [-0.1, -0.05) is 17.8 Å². The predicted molar refractivity (Wildman–Crippen MR) is 118 cm³/mol. The largest absolute Gasteiger partial charge is 0.480 e. The summed E-state index contributed by atoms with van der Waals surface area (Å²) < 4.78 is 5.25. The van der Waals surface area contributed by atoms with Crippen molar-refractivity contribution < 1.29 is 24.2 Å². The van der Waals surface area contributed by atoms with Gasteiger partial charge in [-0.3, -0.25) is 14.9 Å². The summed E-state index contributed by atoms with van der Waals surface area (Å²) in [6.07, 6.45) is 2.55. The number of rotatable bonds is 7. The van der Waals surface area contributed by atoms with Gasteiger partial charge in [0.2, 0.25) is 0 Å². The molecule has 1 aromatic carbocycles. The maximum atomic E-state index is 12.7. The van der Waals surface area contributed by atoms with Crippen LogP contribution in [-0.4, -0.2) is 63.4 Å². The second kappa shape index (κ2) is 10.1. The zero-order valence-electron chi connectivity index (χ0n) is 17.9. The third-order valence-electron chi connectivity index (χ3n) is 3.67. The van der Waals surface area contributed by atoms with Crippen molar-refractivity contribution in [3.63, 3.8) is 0 Å². The van der Waals surface area contributed by atoms with Crippen molar-refractivity contribution in [2.24, 2.45) is 0 Å². The first-order valence-corrected chi connectivity index (χ1v) is 10.5. The van der Waals surface area contributed by atoms with Gasteiger partial charge in [-0.05, 0) is 45.2 Å². The number of hydrogen-bond acceptors (Lipinski definition) is 8. The van der Waals surface area contributed by atoms with Gasteiger partial charge in [-0.15, -0.1) is 0 Å². The summed E-state index contributed by atoms with van der Waals surface area (Å²) in [7, 11) is 1.38. The van der Waals surface area contributed by atoms with Crippen molar-refractivity contribution in [1.82, 2.24) is 14.9 Å². The molecule has 0 aliphatic rings. The Labute approximate surface area is 184 Å². The van der Waals surface area contributed by atoms with Crippen LogP contribution in [0.2, 0.25) is 0 Å². The monoisotopic (exact) mass is 447 g/mol. The van der Waals surface area contributed by atoms with E-state index in [9.17, 15) is 14.4 Å². The molecule has 1 heterocycles. The lowest BCUT2D eigenvalue weighted by molar-refractivity contribution is -0.137. The number of carbonyl (C=O) groups is 3. The predicted octanol–water partition coefficient (Wildman–Crippen LogP) is 3.45. The Morgan fingerprint density at radius 1 is 1.23 bits per heavy atom. The number of hydrogen-bond donors (Lipinski definition) is 3. The Bertz CT molecular complexity index is 977. The summed E-state index contributed by atoms with van der Waals surface area (Å²) in [5.74, 6) is -1.45. The zero-order valence-corrected chi connectivity index (χ0v) is 18.7. The Hall–Kier alpha value is -3.34. The minimum atomic E-state index is -1.13. The fourth-order valence-corrected chi connectivity index (χ4v) is 2.77. The van der Waals surface area contributed by atoms with Crippen LogP contribution in [-0.2, 0) is 9.53 Å². The number of benzene rings is 1. The number of anilines is 3. The van der Waals surface area contributed by atoms with Crippen molar-refractivity contribution in [2.45, 2.75) is 31.5 Å². The number of aliphatic carboxylic acids is 1. The van der Waals surface area contributed by atoms with Gasteiger partial charge in [0.25, 0.3) is 5.91 Å². The molecule has 0 unspecified atom stereocenters. The molecule has 2 aromatic rings. The SMILES string of the molecule is CSc1ncc(C(=O)N(C)CC(=O)O)c(Nc2cccc(NC(=O)OC(C)(C)C)c2)n1. The number of aromatic nitrogens is 2. The molecule has 0 saturated heterocycles. The highest BCUT2D eigenvalue weighted by Gasteiger charge is 2.21. The van der Waals surface area contributed by atoms with Gasteiger partial charge in [0.05, 0.1) is 0 Å². The summed E-state index contributed by atoms with van der Waals surface area (Å²) in [5.41, 5.74) is 0.516. The average Bonchev–Trinajstić information content (AvgIpc) is 2.65. The van der Waals surface area contributed by atoms with Crippen molar-refractivity contribution in [3.8, 4) is 0 Å². The highest BCUT2D eigenvalue weighted by atomic mass is 32.2. The van der Waals surface area contributed by atoms with E-state index in [-0.39, 0.29) is 11.4 Å². The van der Waals surface area contributed by atoms with Crippen molar-refractivity contribution in [1.29, 1.82) is 0 Å². The molecule has 0 saturated carbocycles. The molecular formula is C20H25N5O5S. The van der Waals surface area contributed by atoms with E-state index >= 15 is 0 Å². The molecule has 0 radical (unpaired) electrons. The smallest absolute Gasteiger partial charge is 0.412 e. The van der Waals surface area contributed by atoms with Crippen molar-refractivity contribution in [3.05, 3.63) is 36.0 Å². The fourth-order valence-electron chi connectivity index (χ4n) is 2.43. The normalized spacial score (nSPS) is 10.9. The third kappa shape index (κ3) is 7.45. The molecule has 166 valence electrons. The van der Waals surface area contributed by atoms with E-state index in [0.29, 0.717) is 16.5 Å². The number of carboxylic acids is 1. The molecule has 2 amide bonds. The molecule has 31 heavy (non-hydrogen) atoms. The summed E-state index contributed by atoms with van der Waals surface area (Å²) >= 11 is 1.30. The van der Waals surface area contributed by atoms with Crippen LogP contribution in [0.1, 0.15) is 31.1 Å². The van der Waals surface area contributed by atoms with Gasteiger partial charge in [-0.25, -0.2) is 14.8 Å². The van der Waals surface area contributed by atoms with E-state index in [1.807, 2.05) is 0 Å². The topological polar surface area (TPSA) is 134 Å². The van der Waals surface area contributed by atoms with Gasteiger partial charge in [0.15, 0.2) is 5.16 Å². The van der Waals surface area contributed by atoms with E-state index in [0.717, 1.165) is 4.90 Å². The first-order chi connectivity index (χ1) is 14.5. The number of likely N-dealkylation sites (N-methyl/N-ethyl adjacent to an activating group) is 1. The quantitative estimate of drug-likeness (QED) is 0.431. The zero-order chi connectivity index (χ0) is 23.2. The van der Waals surface area contributed by atoms with Crippen molar-refractivity contribution in [2.75, 3.05) is 30.5 Å². The maximum Gasteiger partial charge on any atom is 0.412 e. The molecule has 0 aliphatic carbocycles. The number of thioether (sulfide) groups is 1. The molecule has 2 rings (SSSR count). The van der Waals surface area contributed by atoms with E-state index in [1.165, 1.54) is 25.0 Å². The summed E-state index contributed by atoms with van der Waals surface area (Å²) in [4.78, 5) is 45.2. The summed E-state index contributed by atoms with van der Waals surface area (Å²) in [6.45, 7) is 4.84. The Morgan fingerprint density at radius 2 is 1.90 bits per heavy atom. The number of carboxylic acid groups (broad SMARTS) is 1. The number of amides is 2. The molecule has 0 bridgehead atoms. The Balaban J connectivity index is 2.28. The standard InChI is InChI=1S/C20H25N5O5S/c1-20(2,3)30-19(29)23-13-8-6-7-12(9-13)22-16-14(10-21-18(24-16)31-5)17(28)25(4)11-15(26)27/h6-10H,11H2,1-5H3,(H,23,29)(H,26,27)(H,21,22,24). The van der Waals surface area contributed by atoms with E-state index in [2.05, 4.69) is 20.6 Å². The van der Waals surface area contributed by atoms with Crippen LogP contribution >= 0.6 is 11.8 Å². The molecule has 10 nitrogen and oxygen atoms in total. The molecule has 0 atom stereocenters. The van der Waals surface area contributed by atoms with Crippen LogP contribution in [0.5, 0.6) is 0 Å². The lowest BCUT2D eigenvalue weighted by Crippen LogP contribution is -2.32. The van der Waals surface area contributed by atoms with Crippen LogP contribution in [0.15, 0.2) is 35.6 Å². The van der Waals surface area contributed by atoms with Gasteiger partial charge in [0.1, 0.15) is 23.5 Å². The number of carbonyl (C=O) groups excluding carboxylic acids is 2. The lowest BCUT2D eigenvalue weighted by Gasteiger charge is -2.20. The Morgan fingerprint density at radius 3 is 2.52 bits per heavy atom. The third-order valence-corrected chi connectivity index (χ3v) is 4.23. The highest BCUT2D eigenvalue weighted by molar-refractivity contribution is 7.98. The van der Waals surface area contributed by atoms with Gasteiger partial charge in [-0.2, -0.15) is 0 Å². The number of ether oxygens (including phenoxy) is 1. The van der Waals surface area contributed by atoms with Gasteiger partial charge in [0, 0.05) is 24.6 Å². The molecule has 0 spiro atoms. The van der Waals surface area contributed by atoms with Crippen LogP contribution in [0.25, 0.3) is 0 Å². The minimum Gasteiger partial charge on any atom is -0.480 e. The van der Waals surface area contributed by atoms with E-state index in [4.69, 9.17) is 9.84 Å². The molecule has 3 N–H and O–H groups in total. The lowest BCUT2D eigenvalue weighted by atomic mass is 10.2. The first-order valence-electron chi connectivity index (χ1n) is 9.24. The maximum absolute atomic E-state index is 12.7. The number of nitrogens with one attached hydrogen (secondary N) is 2. The van der Waals surface area contributed by atoms with Crippen LogP contribution < -0.4 is 10.6 Å². The number of nitrogens with zero attached hydrogens (tertiary/aromatic N) is 3. The van der Waals surface area contributed by atoms with E-state index < -0.39 is 30.1 Å². The molecule has 0 aliphatic heterocycles. The second-order valence-electron chi connectivity index (χ2n) is 7.51. The fraction of sp³-hybridized carbons (Fsp3) is 0.350. The summed E-state index contributed by atoms with van der Waals surface area (Å²) in [6, 6.07) is 6.79. The average molecular weight is 448 g/mol. The van der Waals surface area contributed by atoms with E-state index in [1.54, 1.807) is 51.3 Å². The summed E-state index contributed by atoms with van der Waals surface area (Å²) in [5, 5.41) is 15.1. The van der Waals surface area contributed by atoms with Crippen LogP contribution in [0.3, 0.4) is 0 Å². The van der Waals surface area contributed by atoms with Crippen LogP contribution in [0.4, 0.5) is 22.0 Å². The molecule has 1 aromatic heterocycles. The second-order valence-corrected chi connectivity index (χ2v) is 8.28. The highest BCUT2D eigenvalue weighted by Crippen LogP contribution is 2.24. The van der Waals surface area contributed by atoms with Crippen LogP contribution in [0, 0.1) is 0 Å². The molecule has 0 fully saturated rings. The molecule has 11 heteroatoms. The Kier molecular flexibility index (Phi) is 7.81. The van der Waals surface area contributed by atoms with Crippen molar-refractivity contribution >= 4 is 46.9 Å². The van der Waals surface area contributed by atoms with Gasteiger partial charge < -0.3 is 20.1 Å². The van der Waals surface area contributed by atoms with Gasteiger partial charge >= 0.3 is 12.1 Å². The molecular weight excluding hydrogens is 422 g/mol. The minimum absolute atomic E-state index is 0.118. The first kappa shape index (κ1) is 23.9.